The van der Waals surface area contributed by atoms with Gasteiger partial charge in [0, 0.05) is 31.5 Å². The molecule has 0 radical (unpaired) electrons. The number of carbonyl (C=O) groups is 1. The van der Waals surface area contributed by atoms with Crippen LogP contribution >= 0.6 is 0 Å². The zero-order chi connectivity index (χ0) is 17.5. The highest BCUT2D eigenvalue weighted by Gasteiger charge is 2.21. The van der Waals surface area contributed by atoms with Crippen molar-refractivity contribution in [3.63, 3.8) is 0 Å². The van der Waals surface area contributed by atoms with Gasteiger partial charge in [-0.25, -0.2) is 9.78 Å². The first-order chi connectivity index (χ1) is 12.2. The third kappa shape index (κ3) is 4.96. The summed E-state index contributed by atoms with van der Waals surface area (Å²) in [6, 6.07) is 7.19. The predicted molar refractivity (Wildman–Crippen MR) is 96.6 cm³/mol. The molecular weight excluding hydrogens is 318 g/mol. The van der Waals surface area contributed by atoms with Gasteiger partial charge < -0.3 is 20.4 Å². The fourth-order valence-electron chi connectivity index (χ4n) is 3.23. The molecule has 1 atom stereocenters. The zero-order valence-electron chi connectivity index (χ0n) is 14.5. The minimum atomic E-state index is -0.199. The number of nitrogens with one attached hydrogen (secondary N) is 3. The summed E-state index contributed by atoms with van der Waals surface area (Å²) in [6.45, 7) is 3.61. The summed E-state index contributed by atoms with van der Waals surface area (Å²) >= 11 is 0. The number of hydrogen-bond donors (Lipinski definition) is 3. The van der Waals surface area contributed by atoms with Crippen LogP contribution in [0.4, 0.5) is 10.5 Å². The summed E-state index contributed by atoms with van der Waals surface area (Å²) in [5.74, 6) is 1.11. The van der Waals surface area contributed by atoms with Crippen LogP contribution in [0.2, 0.25) is 0 Å². The first-order valence-electron chi connectivity index (χ1n) is 8.62. The van der Waals surface area contributed by atoms with Crippen LogP contribution in [-0.2, 0) is 6.54 Å². The van der Waals surface area contributed by atoms with Crippen molar-refractivity contribution >= 4 is 11.7 Å². The lowest BCUT2D eigenvalue weighted by molar-refractivity contribution is 0.164. The monoisotopic (exact) mass is 343 g/mol. The number of aromatic amines is 1. The highest BCUT2D eigenvalue weighted by atomic mass is 16.5. The van der Waals surface area contributed by atoms with Crippen molar-refractivity contribution in [1.29, 1.82) is 0 Å². The van der Waals surface area contributed by atoms with E-state index in [2.05, 4.69) is 25.5 Å². The number of likely N-dealkylation sites (tertiary alicyclic amines) is 1. The average Bonchev–Trinajstić information content (AvgIpc) is 3.14. The van der Waals surface area contributed by atoms with E-state index in [1.54, 1.807) is 13.4 Å². The first-order valence-corrected chi connectivity index (χ1v) is 8.62. The Hall–Kier alpha value is -2.54. The van der Waals surface area contributed by atoms with Crippen LogP contribution in [0, 0.1) is 5.92 Å². The molecule has 2 aromatic rings. The Balaban J connectivity index is 1.45. The number of imidazole rings is 1. The highest BCUT2D eigenvalue weighted by Crippen LogP contribution is 2.23. The van der Waals surface area contributed by atoms with Crippen molar-refractivity contribution in [2.75, 3.05) is 32.1 Å². The number of piperidine rings is 1. The van der Waals surface area contributed by atoms with Crippen LogP contribution in [0.1, 0.15) is 18.5 Å². The van der Waals surface area contributed by atoms with E-state index in [-0.39, 0.29) is 6.03 Å². The molecule has 1 fully saturated rings. The minimum absolute atomic E-state index is 0.199. The quantitative estimate of drug-likeness (QED) is 0.752. The number of benzene rings is 1. The molecule has 25 heavy (non-hydrogen) atoms. The summed E-state index contributed by atoms with van der Waals surface area (Å²) in [7, 11) is 1.59. The molecule has 0 aliphatic carbocycles. The van der Waals surface area contributed by atoms with E-state index in [0.717, 1.165) is 38.2 Å². The van der Waals surface area contributed by atoms with E-state index in [0.29, 0.717) is 23.9 Å². The number of para-hydroxylation sites is 2. The Morgan fingerprint density at radius 2 is 2.32 bits per heavy atom. The van der Waals surface area contributed by atoms with Crippen LogP contribution in [0.15, 0.2) is 36.8 Å². The lowest BCUT2D eigenvalue weighted by atomic mass is 9.98. The molecule has 2 amide bonds. The normalized spacial score (nSPS) is 17.9. The van der Waals surface area contributed by atoms with Crippen LogP contribution in [-0.4, -0.2) is 47.6 Å². The number of amides is 2. The fraction of sp³-hybridized carbons (Fsp3) is 0.444. The third-order valence-electron chi connectivity index (χ3n) is 4.46. The van der Waals surface area contributed by atoms with E-state index >= 15 is 0 Å². The number of hydrogen-bond acceptors (Lipinski definition) is 4. The summed E-state index contributed by atoms with van der Waals surface area (Å²) in [5.41, 5.74) is 1.80. The molecule has 1 saturated heterocycles. The molecule has 7 nitrogen and oxygen atoms in total. The molecule has 1 aromatic carbocycles. The van der Waals surface area contributed by atoms with Gasteiger partial charge in [-0.3, -0.25) is 4.90 Å². The molecule has 1 aromatic heterocycles. The van der Waals surface area contributed by atoms with Gasteiger partial charge in [-0.15, -0.1) is 0 Å². The van der Waals surface area contributed by atoms with Crippen molar-refractivity contribution in [1.82, 2.24) is 20.2 Å². The van der Waals surface area contributed by atoms with Crippen molar-refractivity contribution in [2.45, 2.75) is 19.4 Å². The maximum absolute atomic E-state index is 12.2. The molecule has 134 valence electrons. The largest absolute Gasteiger partial charge is 0.495 e. The summed E-state index contributed by atoms with van der Waals surface area (Å²) < 4.78 is 5.25. The Kier molecular flexibility index (Phi) is 5.90. The molecule has 3 rings (SSSR count). The van der Waals surface area contributed by atoms with Gasteiger partial charge in [-0.2, -0.15) is 0 Å². The molecule has 7 heteroatoms. The van der Waals surface area contributed by atoms with Crippen molar-refractivity contribution in [3.05, 3.63) is 42.5 Å². The van der Waals surface area contributed by atoms with Crippen LogP contribution in [0.3, 0.4) is 0 Å². The number of H-pyrrole nitrogens is 1. The lowest BCUT2D eigenvalue weighted by Gasteiger charge is -2.32. The minimum Gasteiger partial charge on any atom is -0.495 e. The maximum Gasteiger partial charge on any atom is 0.319 e. The summed E-state index contributed by atoms with van der Waals surface area (Å²) in [4.78, 5) is 21.8. The van der Waals surface area contributed by atoms with Gasteiger partial charge in [-0.1, -0.05) is 12.1 Å². The number of aromatic nitrogens is 2. The molecule has 0 bridgehead atoms. The second-order valence-electron chi connectivity index (χ2n) is 6.36. The molecule has 1 unspecified atom stereocenters. The van der Waals surface area contributed by atoms with Crippen LogP contribution in [0.25, 0.3) is 0 Å². The molecule has 1 aliphatic rings. The smallest absolute Gasteiger partial charge is 0.319 e. The number of carbonyl (C=O) groups excluding carboxylic acids is 1. The SMILES string of the molecule is COc1ccccc1NC(=O)NCC1CCCN(Cc2cnc[nH]2)C1. The van der Waals surface area contributed by atoms with Crippen LogP contribution in [0.5, 0.6) is 5.75 Å². The zero-order valence-corrected chi connectivity index (χ0v) is 14.5. The van der Waals surface area contributed by atoms with Gasteiger partial charge in [0.05, 0.1) is 19.1 Å². The number of rotatable bonds is 6. The van der Waals surface area contributed by atoms with Gasteiger partial charge >= 0.3 is 6.03 Å². The maximum atomic E-state index is 12.2. The van der Waals surface area contributed by atoms with Crippen molar-refractivity contribution in [2.24, 2.45) is 5.92 Å². The van der Waals surface area contributed by atoms with Gasteiger partial charge in [0.25, 0.3) is 0 Å². The number of anilines is 1. The van der Waals surface area contributed by atoms with E-state index in [9.17, 15) is 4.79 Å². The van der Waals surface area contributed by atoms with Gasteiger partial charge in [0.1, 0.15) is 5.75 Å². The predicted octanol–water partition coefficient (Wildman–Crippen LogP) is 2.45. The van der Waals surface area contributed by atoms with E-state index in [1.165, 1.54) is 0 Å². The Morgan fingerprint density at radius 3 is 3.12 bits per heavy atom. The van der Waals surface area contributed by atoms with Crippen molar-refractivity contribution in [3.8, 4) is 5.75 Å². The number of nitrogens with zero attached hydrogens (tertiary/aromatic N) is 2. The molecule has 0 spiro atoms. The second kappa shape index (κ2) is 8.53. The second-order valence-corrected chi connectivity index (χ2v) is 6.36. The number of ether oxygens (including phenoxy) is 1. The number of methoxy groups -OCH3 is 1. The van der Waals surface area contributed by atoms with Gasteiger partial charge in [-0.05, 0) is 37.4 Å². The third-order valence-corrected chi connectivity index (χ3v) is 4.46. The van der Waals surface area contributed by atoms with Gasteiger partial charge in [0.15, 0.2) is 0 Å². The molecule has 3 N–H and O–H groups in total. The molecule has 1 aliphatic heterocycles. The van der Waals surface area contributed by atoms with E-state index in [1.807, 2.05) is 30.5 Å². The van der Waals surface area contributed by atoms with E-state index < -0.39 is 0 Å². The first kappa shape index (κ1) is 17.3. The fourth-order valence-corrected chi connectivity index (χ4v) is 3.23. The standard InChI is InChI=1S/C18H25N5O2/c1-25-17-7-3-2-6-16(17)22-18(24)20-9-14-5-4-8-23(11-14)12-15-10-19-13-21-15/h2-3,6-7,10,13-14H,4-5,8-9,11-12H2,1H3,(H,19,21)(H2,20,22,24). The Morgan fingerprint density at radius 1 is 1.44 bits per heavy atom. The average molecular weight is 343 g/mol. The Bertz CT molecular complexity index is 674. The molecule has 0 saturated carbocycles. The number of urea groups is 1. The molecular formula is C18H25N5O2. The summed E-state index contributed by atoms with van der Waals surface area (Å²) in [6.07, 6.45) is 5.85. The summed E-state index contributed by atoms with van der Waals surface area (Å²) in [5, 5.41) is 5.83. The molecule has 2 heterocycles. The lowest BCUT2D eigenvalue weighted by Crippen LogP contribution is -2.41. The van der Waals surface area contributed by atoms with E-state index in [4.69, 9.17) is 4.74 Å². The highest BCUT2D eigenvalue weighted by molar-refractivity contribution is 5.90. The van der Waals surface area contributed by atoms with Crippen LogP contribution < -0.4 is 15.4 Å². The topological polar surface area (TPSA) is 82.3 Å². The van der Waals surface area contributed by atoms with Crippen molar-refractivity contribution < 1.29 is 9.53 Å². The Labute approximate surface area is 147 Å². The van der Waals surface area contributed by atoms with Gasteiger partial charge in [0.2, 0.25) is 0 Å².